The second-order valence-corrected chi connectivity index (χ2v) is 8.60. The van der Waals surface area contributed by atoms with Crippen molar-refractivity contribution in [2.24, 2.45) is 0 Å². The van der Waals surface area contributed by atoms with Crippen molar-refractivity contribution in [3.05, 3.63) is 18.0 Å². The van der Waals surface area contributed by atoms with E-state index in [0.717, 1.165) is 25.5 Å². The van der Waals surface area contributed by atoms with Gasteiger partial charge < -0.3 is 0 Å². The molecule has 0 saturated carbocycles. The quantitative estimate of drug-likeness (QED) is 0.136. The van der Waals surface area contributed by atoms with Crippen LogP contribution in [-0.4, -0.2) is 30.6 Å². The molecule has 0 unspecified atom stereocenters. The number of nitrogens with zero attached hydrogens (tertiary/aromatic N) is 1. The Balaban J connectivity index is 4.54. The van der Waals surface area contributed by atoms with E-state index in [-0.39, 0.29) is 19.3 Å². The average Bonchev–Trinajstić information content (AvgIpc) is 2.61. The van der Waals surface area contributed by atoms with Crippen LogP contribution in [0.5, 0.6) is 0 Å². The highest BCUT2D eigenvalue weighted by atomic mass is 31.2. The van der Waals surface area contributed by atoms with Gasteiger partial charge in [0.1, 0.15) is 0 Å². The molecule has 0 atom stereocenters. The number of halogens is 3. The zero-order valence-electron chi connectivity index (χ0n) is 17.6. The molecule has 166 valence electrons. The second kappa shape index (κ2) is 16.1. The molecule has 0 spiro atoms. The van der Waals surface area contributed by atoms with Gasteiger partial charge in [0.05, 0.1) is 25.5 Å². The van der Waals surface area contributed by atoms with Gasteiger partial charge in [-0.25, -0.2) is 4.57 Å². The Kier molecular flexibility index (Phi) is 15.7. The number of allylic oxidation sites excluding steroid dienone is 1. The van der Waals surface area contributed by atoms with Gasteiger partial charge in [-0.05, 0) is 20.3 Å². The van der Waals surface area contributed by atoms with Crippen molar-refractivity contribution in [3.8, 4) is 0 Å². The maximum absolute atomic E-state index is 12.9. The van der Waals surface area contributed by atoms with E-state index < -0.39 is 13.9 Å². The maximum Gasteiger partial charge on any atom is 0.435 e. The van der Waals surface area contributed by atoms with Crippen molar-refractivity contribution in [3.63, 3.8) is 0 Å². The Morgan fingerprint density at radius 2 is 1.32 bits per heavy atom. The summed E-state index contributed by atoms with van der Waals surface area (Å²) in [5.41, 5.74) is 2.05. The van der Waals surface area contributed by atoms with Crippen LogP contribution in [0.1, 0.15) is 85.0 Å². The summed E-state index contributed by atoms with van der Waals surface area (Å²) in [6, 6.07) is 0. The Morgan fingerprint density at radius 1 is 0.857 bits per heavy atom. The molecular weight excluding hydrogens is 390 g/mol. The van der Waals surface area contributed by atoms with Crippen molar-refractivity contribution in [2.75, 3.05) is 19.8 Å². The zero-order valence-corrected chi connectivity index (χ0v) is 18.5. The second-order valence-electron chi connectivity index (χ2n) is 6.63. The number of hydrogen-bond donors (Lipinski definition) is 0. The van der Waals surface area contributed by atoms with Gasteiger partial charge in [0.25, 0.3) is 0 Å². The van der Waals surface area contributed by atoms with Gasteiger partial charge >= 0.3 is 13.9 Å². The molecule has 0 aromatic rings. The minimum absolute atomic E-state index is 0.0131. The largest absolute Gasteiger partial charge is 0.435 e. The summed E-state index contributed by atoms with van der Waals surface area (Å²) in [5, 5.41) is 0. The average molecular weight is 427 g/mol. The molecule has 0 N–H and O–H groups in total. The fourth-order valence-electron chi connectivity index (χ4n) is 2.75. The highest BCUT2D eigenvalue weighted by molar-refractivity contribution is 7.51. The summed E-state index contributed by atoms with van der Waals surface area (Å²) < 4.78 is 61.6. The van der Waals surface area contributed by atoms with Crippen LogP contribution >= 0.6 is 7.75 Å². The maximum atomic E-state index is 12.9. The molecule has 8 heteroatoms. The molecule has 0 heterocycles. The molecule has 0 aromatic carbocycles. The summed E-state index contributed by atoms with van der Waals surface area (Å²) in [4.78, 5) is 0. The molecule has 0 aliphatic heterocycles. The Morgan fingerprint density at radius 3 is 1.75 bits per heavy atom. The predicted octanol–water partition coefficient (Wildman–Crippen LogP) is 7.62. The van der Waals surface area contributed by atoms with Crippen LogP contribution in [0, 0.1) is 0 Å². The van der Waals surface area contributed by atoms with Crippen LogP contribution in [0.25, 0.3) is 0 Å². The number of rotatable bonds is 17. The summed E-state index contributed by atoms with van der Waals surface area (Å²) in [6.07, 6.45) is 7.94. The van der Waals surface area contributed by atoms with Crippen LogP contribution < -0.4 is 0 Å². The lowest BCUT2D eigenvalue weighted by Crippen LogP contribution is -2.19. The van der Waals surface area contributed by atoms with Crippen molar-refractivity contribution in [2.45, 2.75) is 91.2 Å². The van der Waals surface area contributed by atoms with Gasteiger partial charge in [0.2, 0.25) is 0 Å². The van der Waals surface area contributed by atoms with E-state index in [9.17, 15) is 17.7 Å². The first-order valence-corrected chi connectivity index (χ1v) is 11.9. The fraction of sp³-hybridized carbons (Fsp3) is 0.850. The number of hydrogen-bond acceptors (Lipinski definition) is 3. The molecule has 0 saturated heterocycles. The van der Waals surface area contributed by atoms with E-state index in [4.69, 9.17) is 9.05 Å². The Labute approximate surface area is 168 Å². The third-order valence-corrected chi connectivity index (χ3v) is 6.22. The summed E-state index contributed by atoms with van der Waals surface area (Å²) in [6.45, 7) is 6.12. The molecule has 0 aliphatic rings. The van der Waals surface area contributed by atoms with Gasteiger partial charge in [-0.3, -0.25) is 13.7 Å². The van der Waals surface area contributed by atoms with Gasteiger partial charge in [-0.1, -0.05) is 70.4 Å². The lowest BCUT2D eigenvalue weighted by atomic mass is 10.1. The van der Waals surface area contributed by atoms with Crippen molar-refractivity contribution >= 4 is 7.75 Å². The molecule has 0 bridgehead atoms. The molecule has 0 aromatic heterocycles. The summed E-state index contributed by atoms with van der Waals surface area (Å²) in [7, 11) is -3.66. The van der Waals surface area contributed by atoms with E-state index in [1.165, 1.54) is 43.2 Å². The minimum atomic E-state index is -4.47. The third kappa shape index (κ3) is 14.3. The normalized spacial score (nSPS) is 11.9. The Hall–Kier alpha value is -0.740. The lowest BCUT2D eigenvalue weighted by molar-refractivity contribution is -0.0797. The Bertz CT molecular complexity index is 482. The highest BCUT2D eigenvalue weighted by Crippen LogP contribution is 2.52. The topological polar surface area (TPSA) is 38.8 Å². The van der Waals surface area contributed by atoms with E-state index in [1.807, 2.05) is 0 Å². The lowest BCUT2D eigenvalue weighted by Gasteiger charge is -2.27. The van der Waals surface area contributed by atoms with Gasteiger partial charge in [-0.15, -0.1) is 0 Å². The van der Waals surface area contributed by atoms with Crippen LogP contribution in [0.2, 0.25) is 0 Å². The van der Waals surface area contributed by atoms with Crippen LogP contribution in [0.4, 0.5) is 13.2 Å². The molecule has 0 rings (SSSR count). The van der Waals surface area contributed by atoms with E-state index in [2.05, 4.69) is 12.7 Å². The van der Waals surface area contributed by atoms with E-state index >= 15 is 0 Å². The van der Waals surface area contributed by atoms with Crippen molar-refractivity contribution in [1.82, 2.24) is 4.67 Å². The highest BCUT2D eigenvalue weighted by Gasteiger charge is 2.30. The van der Waals surface area contributed by atoms with Crippen LogP contribution in [-0.2, 0) is 13.6 Å². The van der Waals surface area contributed by atoms with Crippen LogP contribution in [0.15, 0.2) is 18.0 Å². The van der Waals surface area contributed by atoms with Crippen molar-refractivity contribution in [1.29, 1.82) is 0 Å². The SMILES string of the molecule is CCCCCCCCCCCCN(C=C=CC(F)(F)F)P(=O)(OCC)OCC. The molecule has 28 heavy (non-hydrogen) atoms. The fourth-order valence-corrected chi connectivity index (χ4v) is 4.37. The van der Waals surface area contributed by atoms with E-state index in [1.54, 1.807) is 13.8 Å². The summed E-state index contributed by atoms with van der Waals surface area (Å²) in [5.74, 6) is 0. The van der Waals surface area contributed by atoms with Crippen molar-refractivity contribution < 1.29 is 26.8 Å². The number of alkyl halides is 3. The monoisotopic (exact) mass is 427 g/mol. The standard InChI is InChI=1S/C20H37F3NO3P/c1-4-7-8-9-10-11-12-13-14-15-18-24(19-16-17-20(21,22)23)28(25,26-5-2)27-6-3/h17,19H,4-15,18H2,1-3H3. The molecule has 4 nitrogen and oxygen atoms in total. The first-order chi connectivity index (χ1) is 13.3. The minimum Gasteiger partial charge on any atom is -0.292 e. The predicted molar refractivity (Wildman–Crippen MR) is 108 cm³/mol. The first kappa shape index (κ1) is 27.3. The van der Waals surface area contributed by atoms with Gasteiger partial charge in [-0.2, -0.15) is 13.2 Å². The molecule has 0 radical (unpaired) electrons. The molecule has 0 aliphatic carbocycles. The summed E-state index contributed by atoms with van der Waals surface area (Å²) >= 11 is 0. The van der Waals surface area contributed by atoms with Gasteiger partial charge in [0.15, 0.2) is 0 Å². The van der Waals surface area contributed by atoms with Gasteiger partial charge in [0, 0.05) is 6.54 Å². The zero-order chi connectivity index (χ0) is 21.3. The smallest absolute Gasteiger partial charge is 0.292 e. The van der Waals surface area contributed by atoms with Crippen LogP contribution in [0.3, 0.4) is 0 Å². The first-order valence-electron chi connectivity index (χ1n) is 10.5. The van der Waals surface area contributed by atoms with E-state index in [0.29, 0.717) is 13.0 Å². The molecule has 0 fully saturated rings. The molecule has 0 amide bonds. The molecular formula is C20H37F3NO3P. The number of unbranched alkanes of at least 4 members (excludes halogenated alkanes) is 9. The third-order valence-electron chi connectivity index (χ3n) is 4.11.